The molecule has 24 heavy (non-hydrogen) atoms. The Balaban J connectivity index is 2.29. The van der Waals surface area contributed by atoms with Crippen LogP contribution < -0.4 is 5.73 Å². The highest BCUT2D eigenvalue weighted by atomic mass is 16.7. The number of rotatable bonds is 4. The smallest absolute Gasteiger partial charge is 0.464 e. The van der Waals surface area contributed by atoms with Crippen LogP contribution >= 0.6 is 0 Å². The first-order valence-electron chi connectivity index (χ1n) is 7.92. The topological polar surface area (TPSA) is 83.7 Å². The molecule has 0 aromatic carbocycles. The minimum absolute atomic E-state index is 0.300. The number of carbonyl (C=O) groups excluding carboxylic acids is 1. The molecule has 6 nitrogen and oxygen atoms in total. The molecule has 0 aliphatic carbocycles. The van der Waals surface area contributed by atoms with Gasteiger partial charge in [-0.05, 0) is 57.3 Å². The molecule has 0 amide bonds. The molecule has 0 saturated carbocycles. The standard InChI is InChI=1S/C17H25BN2O4/c1-11-7-12(10-20-14(11)15(21)22-6)8-13(9-19)18-23-16(2,3)17(4,5)24-18/h7-8,10H,9,19H2,1-6H3. The molecule has 1 aromatic heterocycles. The third-order valence-electron chi connectivity index (χ3n) is 4.62. The van der Waals surface area contributed by atoms with Crippen LogP contribution in [-0.4, -0.2) is 42.9 Å². The van der Waals surface area contributed by atoms with Crippen molar-refractivity contribution in [2.24, 2.45) is 5.73 Å². The van der Waals surface area contributed by atoms with Gasteiger partial charge in [-0.15, -0.1) is 0 Å². The number of hydrogen-bond donors (Lipinski definition) is 1. The van der Waals surface area contributed by atoms with Crippen molar-refractivity contribution in [1.29, 1.82) is 0 Å². The number of methoxy groups -OCH3 is 1. The normalized spacial score (nSPS) is 19.5. The van der Waals surface area contributed by atoms with Crippen molar-refractivity contribution >= 4 is 19.2 Å². The summed E-state index contributed by atoms with van der Waals surface area (Å²) in [4.78, 5) is 15.8. The highest BCUT2D eigenvalue weighted by molar-refractivity contribution is 6.55. The molecule has 130 valence electrons. The van der Waals surface area contributed by atoms with Crippen molar-refractivity contribution < 1.29 is 18.8 Å². The van der Waals surface area contributed by atoms with E-state index in [0.717, 1.165) is 16.6 Å². The van der Waals surface area contributed by atoms with Crippen molar-refractivity contribution in [2.45, 2.75) is 45.8 Å². The molecule has 1 aliphatic heterocycles. The number of esters is 1. The van der Waals surface area contributed by atoms with Crippen LogP contribution in [0, 0.1) is 6.92 Å². The number of carbonyl (C=O) groups is 1. The fourth-order valence-corrected chi connectivity index (χ4v) is 2.42. The Bertz CT molecular complexity index is 655. The molecule has 0 atom stereocenters. The summed E-state index contributed by atoms with van der Waals surface area (Å²) in [7, 11) is 0.836. The van der Waals surface area contributed by atoms with E-state index < -0.39 is 24.3 Å². The summed E-state index contributed by atoms with van der Waals surface area (Å²) in [6.07, 6.45) is 3.50. The molecular weight excluding hydrogens is 307 g/mol. The zero-order valence-electron chi connectivity index (χ0n) is 15.2. The fourth-order valence-electron chi connectivity index (χ4n) is 2.42. The van der Waals surface area contributed by atoms with Crippen LogP contribution in [-0.2, 0) is 14.0 Å². The zero-order valence-corrected chi connectivity index (χ0v) is 15.2. The first-order chi connectivity index (χ1) is 11.1. The number of nitrogens with two attached hydrogens (primary N) is 1. The fraction of sp³-hybridized carbons (Fsp3) is 0.529. The van der Waals surface area contributed by atoms with Crippen molar-refractivity contribution in [3.05, 3.63) is 34.6 Å². The van der Waals surface area contributed by atoms with E-state index in [1.54, 1.807) is 6.20 Å². The number of pyridine rings is 1. The lowest BCUT2D eigenvalue weighted by Gasteiger charge is -2.32. The van der Waals surface area contributed by atoms with Gasteiger partial charge in [0, 0.05) is 12.7 Å². The lowest BCUT2D eigenvalue weighted by atomic mass is 9.77. The van der Waals surface area contributed by atoms with E-state index in [-0.39, 0.29) is 0 Å². The molecule has 1 aromatic rings. The average Bonchev–Trinajstić information content (AvgIpc) is 2.72. The van der Waals surface area contributed by atoms with Crippen molar-refractivity contribution in [1.82, 2.24) is 4.98 Å². The molecule has 0 bridgehead atoms. The van der Waals surface area contributed by atoms with Gasteiger partial charge in [-0.2, -0.15) is 0 Å². The number of hydrogen-bond acceptors (Lipinski definition) is 6. The monoisotopic (exact) mass is 332 g/mol. The average molecular weight is 332 g/mol. The number of ether oxygens (including phenoxy) is 1. The Morgan fingerprint density at radius 2 is 1.92 bits per heavy atom. The maximum Gasteiger partial charge on any atom is 0.491 e. The lowest BCUT2D eigenvalue weighted by Crippen LogP contribution is -2.41. The van der Waals surface area contributed by atoms with Crippen molar-refractivity contribution in [2.75, 3.05) is 13.7 Å². The van der Waals surface area contributed by atoms with Crippen LogP contribution in [0.5, 0.6) is 0 Å². The summed E-state index contributed by atoms with van der Waals surface area (Å²) < 4.78 is 16.8. The van der Waals surface area contributed by atoms with Crippen LogP contribution in [0.15, 0.2) is 17.7 Å². The molecule has 2 N–H and O–H groups in total. The van der Waals surface area contributed by atoms with Crippen LogP contribution in [0.3, 0.4) is 0 Å². The largest absolute Gasteiger partial charge is 0.491 e. The Labute approximate surface area is 143 Å². The Hall–Kier alpha value is -1.70. The molecule has 1 fully saturated rings. The van der Waals surface area contributed by atoms with Crippen LogP contribution in [0.2, 0.25) is 0 Å². The van der Waals surface area contributed by atoms with E-state index in [2.05, 4.69) is 4.98 Å². The third kappa shape index (κ3) is 3.53. The maximum atomic E-state index is 11.6. The molecule has 0 radical (unpaired) electrons. The second-order valence-corrected chi connectivity index (χ2v) is 6.94. The maximum absolute atomic E-state index is 11.6. The lowest BCUT2D eigenvalue weighted by molar-refractivity contribution is 0.00578. The quantitative estimate of drug-likeness (QED) is 0.672. The van der Waals surface area contributed by atoms with Crippen LogP contribution in [0.25, 0.3) is 6.08 Å². The number of aryl methyl sites for hydroxylation is 1. The van der Waals surface area contributed by atoms with E-state index in [1.807, 2.05) is 46.8 Å². The van der Waals surface area contributed by atoms with Crippen molar-refractivity contribution in [3.63, 3.8) is 0 Å². The summed E-state index contributed by atoms with van der Waals surface area (Å²) in [6.45, 7) is 10.1. The predicted molar refractivity (Wildman–Crippen MR) is 93.4 cm³/mol. The highest BCUT2D eigenvalue weighted by Crippen LogP contribution is 2.38. The molecule has 2 rings (SSSR count). The van der Waals surface area contributed by atoms with E-state index >= 15 is 0 Å². The Morgan fingerprint density at radius 3 is 2.38 bits per heavy atom. The third-order valence-corrected chi connectivity index (χ3v) is 4.62. The molecule has 0 unspecified atom stereocenters. The SMILES string of the molecule is COC(=O)c1ncc(C=C(CN)B2OC(C)(C)C(C)(C)O2)cc1C. The second-order valence-electron chi connectivity index (χ2n) is 6.94. The van der Waals surface area contributed by atoms with Crippen molar-refractivity contribution in [3.8, 4) is 0 Å². The van der Waals surface area contributed by atoms with Gasteiger partial charge in [0.05, 0.1) is 18.3 Å². The molecular formula is C17H25BN2O4. The van der Waals surface area contributed by atoms with Gasteiger partial charge in [0.15, 0.2) is 5.69 Å². The summed E-state index contributed by atoms with van der Waals surface area (Å²) in [5.41, 5.74) is 7.74. The van der Waals surface area contributed by atoms with Gasteiger partial charge in [0.2, 0.25) is 0 Å². The predicted octanol–water partition coefficient (Wildman–Crippen LogP) is 2.15. The van der Waals surface area contributed by atoms with E-state index in [9.17, 15) is 4.79 Å². The van der Waals surface area contributed by atoms with Gasteiger partial charge < -0.3 is 19.8 Å². The summed E-state index contributed by atoms with van der Waals surface area (Å²) in [5, 5.41) is 0. The Kier molecular flexibility index (Phi) is 5.18. The van der Waals surface area contributed by atoms with E-state index in [4.69, 9.17) is 19.8 Å². The minimum Gasteiger partial charge on any atom is -0.464 e. The van der Waals surface area contributed by atoms with Crippen LogP contribution in [0.1, 0.15) is 49.3 Å². The van der Waals surface area contributed by atoms with Gasteiger partial charge in [0.25, 0.3) is 0 Å². The minimum atomic E-state index is -0.499. The first kappa shape index (κ1) is 18.6. The molecule has 2 heterocycles. The summed E-state index contributed by atoms with van der Waals surface area (Å²) >= 11 is 0. The van der Waals surface area contributed by atoms with Gasteiger partial charge >= 0.3 is 13.1 Å². The van der Waals surface area contributed by atoms with Gasteiger partial charge in [-0.25, -0.2) is 9.78 Å². The number of aromatic nitrogens is 1. The number of nitrogens with zero attached hydrogens (tertiary/aromatic N) is 1. The van der Waals surface area contributed by atoms with Gasteiger partial charge in [0.1, 0.15) is 0 Å². The zero-order chi connectivity index (χ0) is 18.1. The highest BCUT2D eigenvalue weighted by Gasteiger charge is 2.52. The molecule has 1 saturated heterocycles. The van der Waals surface area contributed by atoms with E-state index in [0.29, 0.717) is 12.2 Å². The second kappa shape index (κ2) is 6.66. The molecule has 7 heteroatoms. The van der Waals surface area contributed by atoms with Crippen LogP contribution in [0.4, 0.5) is 0 Å². The van der Waals surface area contributed by atoms with Gasteiger partial charge in [-0.3, -0.25) is 0 Å². The van der Waals surface area contributed by atoms with Gasteiger partial charge in [-0.1, -0.05) is 6.08 Å². The van der Waals surface area contributed by atoms with E-state index in [1.165, 1.54) is 7.11 Å². The molecule has 0 spiro atoms. The molecule has 1 aliphatic rings. The summed E-state index contributed by atoms with van der Waals surface area (Å²) in [6, 6.07) is 1.86. The Morgan fingerprint density at radius 1 is 1.33 bits per heavy atom. The first-order valence-corrected chi connectivity index (χ1v) is 7.92. The summed E-state index contributed by atoms with van der Waals surface area (Å²) in [5.74, 6) is -0.451.